The SMILES string of the molecule is CCCCCCN1C=CN(C)C1CCCC. The fraction of sp³-hybridized carbons (Fsp3) is 0.857. The van der Waals surface area contributed by atoms with Gasteiger partial charge >= 0.3 is 0 Å². The van der Waals surface area contributed by atoms with Gasteiger partial charge in [-0.3, -0.25) is 0 Å². The van der Waals surface area contributed by atoms with E-state index in [2.05, 4.69) is 43.1 Å². The van der Waals surface area contributed by atoms with Crippen molar-refractivity contribution >= 4 is 0 Å². The topological polar surface area (TPSA) is 6.48 Å². The molecule has 0 saturated carbocycles. The summed E-state index contributed by atoms with van der Waals surface area (Å²) in [6.07, 6.45) is 14.5. The van der Waals surface area contributed by atoms with Crippen molar-refractivity contribution in [3.05, 3.63) is 12.4 Å². The number of nitrogens with zero attached hydrogens (tertiary/aromatic N) is 2. The Balaban J connectivity index is 2.24. The first-order valence-electron chi connectivity index (χ1n) is 6.95. The molecular weight excluding hydrogens is 196 g/mol. The largest absolute Gasteiger partial charge is 0.359 e. The van der Waals surface area contributed by atoms with Crippen LogP contribution in [0.4, 0.5) is 0 Å². The quantitative estimate of drug-likeness (QED) is 0.579. The molecule has 0 saturated heterocycles. The van der Waals surface area contributed by atoms with E-state index >= 15 is 0 Å². The van der Waals surface area contributed by atoms with Crippen LogP contribution in [0.25, 0.3) is 0 Å². The Bertz CT molecular complexity index is 201. The molecule has 0 fully saturated rings. The van der Waals surface area contributed by atoms with Gasteiger partial charge in [-0.1, -0.05) is 39.5 Å². The Morgan fingerprint density at radius 3 is 2.38 bits per heavy atom. The third-order valence-electron chi connectivity index (χ3n) is 3.43. The first-order valence-corrected chi connectivity index (χ1v) is 6.95. The van der Waals surface area contributed by atoms with E-state index in [9.17, 15) is 0 Å². The van der Waals surface area contributed by atoms with Gasteiger partial charge in [-0.2, -0.15) is 0 Å². The summed E-state index contributed by atoms with van der Waals surface area (Å²) < 4.78 is 0. The fourth-order valence-electron chi connectivity index (χ4n) is 2.32. The normalized spacial score (nSPS) is 19.8. The van der Waals surface area contributed by atoms with E-state index in [1.807, 2.05) is 0 Å². The van der Waals surface area contributed by atoms with Crippen LogP contribution in [-0.4, -0.2) is 29.6 Å². The van der Waals surface area contributed by atoms with E-state index in [4.69, 9.17) is 0 Å². The van der Waals surface area contributed by atoms with Gasteiger partial charge in [-0.25, -0.2) is 0 Å². The maximum atomic E-state index is 2.52. The average molecular weight is 224 g/mol. The van der Waals surface area contributed by atoms with Crippen LogP contribution in [0.3, 0.4) is 0 Å². The average Bonchev–Trinajstić information content (AvgIpc) is 2.63. The molecule has 1 aliphatic heterocycles. The van der Waals surface area contributed by atoms with Gasteiger partial charge in [-0.15, -0.1) is 0 Å². The zero-order chi connectivity index (χ0) is 11.8. The van der Waals surface area contributed by atoms with Gasteiger partial charge < -0.3 is 9.80 Å². The van der Waals surface area contributed by atoms with Crippen LogP contribution in [0.5, 0.6) is 0 Å². The van der Waals surface area contributed by atoms with E-state index in [-0.39, 0.29) is 0 Å². The minimum atomic E-state index is 0.626. The maximum absolute atomic E-state index is 2.52. The molecule has 1 rings (SSSR count). The van der Waals surface area contributed by atoms with E-state index < -0.39 is 0 Å². The lowest BCUT2D eigenvalue weighted by atomic mass is 10.1. The molecule has 0 spiro atoms. The lowest BCUT2D eigenvalue weighted by molar-refractivity contribution is 0.160. The summed E-state index contributed by atoms with van der Waals surface area (Å²) in [6.45, 7) is 5.77. The highest BCUT2D eigenvalue weighted by molar-refractivity contribution is 4.95. The van der Waals surface area contributed by atoms with Crippen LogP contribution in [0, 0.1) is 0 Å². The van der Waals surface area contributed by atoms with Gasteiger partial charge in [0.15, 0.2) is 0 Å². The van der Waals surface area contributed by atoms with Crippen LogP contribution in [-0.2, 0) is 0 Å². The number of hydrogen-bond donors (Lipinski definition) is 0. The van der Waals surface area contributed by atoms with Crippen molar-refractivity contribution in [3.8, 4) is 0 Å². The molecule has 0 amide bonds. The van der Waals surface area contributed by atoms with Crippen LogP contribution in [0.1, 0.15) is 58.8 Å². The van der Waals surface area contributed by atoms with Crippen molar-refractivity contribution in [1.29, 1.82) is 0 Å². The van der Waals surface area contributed by atoms with Gasteiger partial charge in [0.2, 0.25) is 0 Å². The minimum Gasteiger partial charge on any atom is -0.359 e. The lowest BCUT2D eigenvalue weighted by Gasteiger charge is -2.30. The van der Waals surface area contributed by atoms with E-state index in [1.54, 1.807) is 0 Å². The van der Waals surface area contributed by atoms with Crippen molar-refractivity contribution in [2.45, 2.75) is 65.0 Å². The highest BCUT2D eigenvalue weighted by atomic mass is 15.4. The Hall–Kier alpha value is -0.660. The van der Waals surface area contributed by atoms with Crippen LogP contribution < -0.4 is 0 Å². The van der Waals surface area contributed by atoms with E-state index in [0.717, 1.165) is 0 Å². The summed E-state index contributed by atoms with van der Waals surface area (Å²) in [7, 11) is 2.20. The third kappa shape index (κ3) is 4.07. The van der Waals surface area contributed by atoms with Crippen molar-refractivity contribution < 1.29 is 0 Å². The van der Waals surface area contributed by atoms with Gasteiger partial charge in [-0.05, 0) is 19.3 Å². The maximum Gasteiger partial charge on any atom is 0.100 e. The second-order valence-corrected chi connectivity index (χ2v) is 4.88. The molecule has 2 heteroatoms. The second-order valence-electron chi connectivity index (χ2n) is 4.88. The summed E-state index contributed by atoms with van der Waals surface area (Å²) in [6, 6.07) is 0. The van der Waals surface area contributed by atoms with E-state index in [1.165, 1.54) is 51.5 Å². The van der Waals surface area contributed by atoms with Crippen LogP contribution >= 0.6 is 0 Å². The molecule has 0 aromatic rings. The van der Waals surface area contributed by atoms with E-state index in [0.29, 0.717) is 6.17 Å². The molecule has 0 aromatic carbocycles. The first kappa shape index (κ1) is 13.4. The summed E-state index contributed by atoms with van der Waals surface area (Å²) in [5, 5.41) is 0. The van der Waals surface area contributed by atoms with Crippen LogP contribution in [0.2, 0.25) is 0 Å². The zero-order valence-electron chi connectivity index (χ0n) is 11.3. The number of rotatable bonds is 8. The smallest absolute Gasteiger partial charge is 0.100 e. The molecule has 2 nitrogen and oxygen atoms in total. The highest BCUT2D eigenvalue weighted by Gasteiger charge is 2.21. The number of hydrogen-bond acceptors (Lipinski definition) is 2. The third-order valence-corrected chi connectivity index (χ3v) is 3.43. The molecule has 0 N–H and O–H groups in total. The summed E-state index contributed by atoms with van der Waals surface area (Å²) in [4.78, 5) is 4.88. The molecule has 0 bridgehead atoms. The van der Waals surface area contributed by atoms with Crippen LogP contribution in [0.15, 0.2) is 12.4 Å². The summed E-state index contributed by atoms with van der Waals surface area (Å²) in [5.41, 5.74) is 0. The van der Waals surface area contributed by atoms with Gasteiger partial charge in [0.25, 0.3) is 0 Å². The molecule has 1 atom stereocenters. The molecule has 1 aliphatic rings. The Kier molecular flexibility index (Phi) is 6.36. The molecule has 1 unspecified atom stereocenters. The molecule has 0 aromatic heterocycles. The van der Waals surface area contributed by atoms with Gasteiger partial charge in [0.1, 0.15) is 6.17 Å². The first-order chi connectivity index (χ1) is 7.79. The molecule has 0 radical (unpaired) electrons. The molecule has 1 heterocycles. The van der Waals surface area contributed by atoms with Crippen molar-refractivity contribution in [1.82, 2.24) is 9.80 Å². The summed E-state index contributed by atoms with van der Waals surface area (Å²) in [5.74, 6) is 0. The second kappa shape index (κ2) is 7.59. The summed E-state index contributed by atoms with van der Waals surface area (Å²) >= 11 is 0. The van der Waals surface area contributed by atoms with Crippen molar-refractivity contribution in [2.24, 2.45) is 0 Å². The zero-order valence-corrected chi connectivity index (χ0v) is 11.3. The van der Waals surface area contributed by atoms with Crippen molar-refractivity contribution in [3.63, 3.8) is 0 Å². The Morgan fingerprint density at radius 2 is 1.69 bits per heavy atom. The Morgan fingerprint density at radius 1 is 0.938 bits per heavy atom. The fourth-order valence-corrected chi connectivity index (χ4v) is 2.32. The minimum absolute atomic E-state index is 0.626. The molecular formula is C14H28N2. The molecule has 16 heavy (non-hydrogen) atoms. The lowest BCUT2D eigenvalue weighted by Crippen LogP contribution is -2.36. The number of unbranched alkanes of at least 4 members (excludes halogenated alkanes) is 4. The predicted molar refractivity (Wildman–Crippen MR) is 71.1 cm³/mol. The van der Waals surface area contributed by atoms with Crippen molar-refractivity contribution in [2.75, 3.05) is 13.6 Å². The molecule has 94 valence electrons. The molecule has 0 aliphatic carbocycles. The highest BCUT2D eigenvalue weighted by Crippen LogP contribution is 2.19. The standard InChI is InChI=1S/C14H28N2/c1-4-6-8-9-11-16-13-12-15(3)14(16)10-7-5-2/h12-14H,4-11H2,1-3H3. The van der Waals surface area contributed by atoms with Gasteiger partial charge in [0.05, 0.1) is 0 Å². The predicted octanol–water partition coefficient (Wildman–Crippen LogP) is 3.80. The Labute approximate surface area is 101 Å². The monoisotopic (exact) mass is 224 g/mol. The van der Waals surface area contributed by atoms with Gasteiger partial charge in [0, 0.05) is 26.0 Å².